The molecule has 1 heterocycles. The molecule has 0 saturated carbocycles. The third-order valence-corrected chi connectivity index (χ3v) is 4.04. The topological polar surface area (TPSA) is 55.4 Å². The van der Waals surface area contributed by atoms with Gasteiger partial charge in [0.15, 0.2) is 6.61 Å². The van der Waals surface area contributed by atoms with Gasteiger partial charge in [-0.25, -0.2) is 9.18 Å². The van der Waals surface area contributed by atoms with E-state index in [9.17, 15) is 14.0 Å². The van der Waals surface area contributed by atoms with Gasteiger partial charge in [-0.2, -0.15) is 0 Å². The molecule has 1 amide bonds. The Morgan fingerprint density at radius 1 is 1.23 bits per heavy atom. The summed E-state index contributed by atoms with van der Waals surface area (Å²) >= 11 is 4.79. The first-order valence-corrected chi connectivity index (χ1v) is 7.79. The predicted octanol–water partition coefficient (Wildman–Crippen LogP) is 3.84. The molecule has 2 rings (SSSR count). The minimum absolute atomic E-state index is 0.394. The van der Waals surface area contributed by atoms with Crippen molar-refractivity contribution in [2.24, 2.45) is 0 Å². The third-order valence-electron chi connectivity index (χ3n) is 2.45. The van der Waals surface area contributed by atoms with Crippen molar-refractivity contribution in [1.82, 2.24) is 0 Å². The molecule has 1 aromatic heterocycles. The summed E-state index contributed by atoms with van der Waals surface area (Å²) in [6.07, 6.45) is 2.86. The summed E-state index contributed by atoms with van der Waals surface area (Å²) in [4.78, 5) is 23.9. The molecular weight excluding hydrogens is 373 g/mol. The summed E-state index contributed by atoms with van der Waals surface area (Å²) in [6, 6.07) is 9.01. The number of carbonyl (C=O) groups is 2. The zero-order valence-electron chi connectivity index (χ0n) is 11.2. The Balaban J connectivity index is 1.77. The van der Waals surface area contributed by atoms with Gasteiger partial charge in [0.05, 0.1) is 3.79 Å². The lowest BCUT2D eigenvalue weighted by atomic mass is 10.3. The standard InChI is InChI=1S/C15H11BrFNO3S/c16-13-7-5-12(22-13)6-8-15(20)21-9-14(19)18-11-3-1-10(17)2-4-11/h1-8H,9H2,(H,18,19)/b8-6+. The van der Waals surface area contributed by atoms with Gasteiger partial charge in [0.1, 0.15) is 5.82 Å². The first kappa shape index (κ1) is 16.4. The number of thiophene rings is 1. The van der Waals surface area contributed by atoms with Crippen molar-refractivity contribution in [3.63, 3.8) is 0 Å². The molecule has 0 fully saturated rings. The van der Waals surface area contributed by atoms with Crippen molar-refractivity contribution in [3.8, 4) is 0 Å². The zero-order chi connectivity index (χ0) is 15.9. The highest BCUT2D eigenvalue weighted by Crippen LogP contribution is 2.22. The van der Waals surface area contributed by atoms with Crippen LogP contribution in [0.5, 0.6) is 0 Å². The molecule has 1 aromatic carbocycles. The van der Waals surface area contributed by atoms with E-state index in [0.29, 0.717) is 5.69 Å². The van der Waals surface area contributed by atoms with Gasteiger partial charge in [-0.05, 0) is 58.4 Å². The maximum absolute atomic E-state index is 12.7. The minimum atomic E-state index is -0.612. The number of carbonyl (C=O) groups excluding carboxylic acids is 2. The molecule has 2 aromatic rings. The highest BCUT2D eigenvalue weighted by atomic mass is 79.9. The molecule has 1 N–H and O–H groups in total. The van der Waals surface area contributed by atoms with Gasteiger partial charge >= 0.3 is 5.97 Å². The van der Waals surface area contributed by atoms with E-state index in [4.69, 9.17) is 4.74 Å². The molecule has 114 valence electrons. The number of rotatable bonds is 5. The molecule has 7 heteroatoms. The number of nitrogens with one attached hydrogen (secondary N) is 1. The number of hydrogen-bond acceptors (Lipinski definition) is 4. The first-order valence-electron chi connectivity index (χ1n) is 6.18. The summed E-state index contributed by atoms with van der Waals surface area (Å²) < 4.78 is 18.5. The molecule has 0 unspecified atom stereocenters. The van der Waals surface area contributed by atoms with Crippen LogP contribution in [0.3, 0.4) is 0 Å². The second-order valence-corrected chi connectivity index (χ2v) is 6.63. The van der Waals surface area contributed by atoms with Crippen LogP contribution in [-0.4, -0.2) is 18.5 Å². The smallest absolute Gasteiger partial charge is 0.331 e. The lowest BCUT2D eigenvalue weighted by molar-refractivity contribution is -0.142. The fourth-order valence-corrected chi connectivity index (χ4v) is 2.81. The Hall–Kier alpha value is -1.99. The Bertz CT molecular complexity index is 697. The van der Waals surface area contributed by atoms with Gasteiger partial charge in [0.25, 0.3) is 5.91 Å². The third kappa shape index (κ3) is 5.42. The molecule has 0 aliphatic heterocycles. The zero-order valence-corrected chi connectivity index (χ0v) is 13.6. The monoisotopic (exact) mass is 383 g/mol. The summed E-state index contributed by atoms with van der Waals surface area (Å²) in [6.45, 7) is -0.408. The maximum atomic E-state index is 12.7. The minimum Gasteiger partial charge on any atom is -0.452 e. The van der Waals surface area contributed by atoms with Crippen molar-refractivity contribution >= 4 is 50.9 Å². The SMILES string of the molecule is O=C(COC(=O)/C=C/c1ccc(Br)s1)Nc1ccc(F)cc1. The van der Waals surface area contributed by atoms with E-state index in [-0.39, 0.29) is 0 Å². The van der Waals surface area contributed by atoms with Crippen LogP contribution >= 0.6 is 27.3 Å². The maximum Gasteiger partial charge on any atom is 0.331 e. The molecular formula is C15H11BrFNO3S. The fraction of sp³-hybridized carbons (Fsp3) is 0.0667. The quantitative estimate of drug-likeness (QED) is 0.630. The average Bonchev–Trinajstić information content (AvgIpc) is 2.91. The summed E-state index contributed by atoms with van der Waals surface area (Å²) in [5, 5.41) is 2.49. The fourth-order valence-electron chi connectivity index (χ4n) is 1.48. The summed E-state index contributed by atoms with van der Waals surface area (Å²) in [7, 11) is 0. The van der Waals surface area contributed by atoms with Gasteiger partial charge in [0.2, 0.25) is 0 Å². The van der Waals surface area contributed by atoms with E-state index in [2.05, 4.69) is 21.2 Å². The molecule has 0 aliphatic rings. The van der Waals surface area contributed by atoms with E-state index >= 15 is 0 Å². The summed E-state index contributed by atoms with van der Waals surface area (Å²) in [5.41, 5.74) is 0.432. The van der Waals surface area contributed by atoms with Gasteiger partial charge in [-0.3, -0.25) is 4.79 Å². The average molecular weight is 384 g/mol. The Labute approximate surface area is 138 Å². The van der Waals surface area contributed by atoms with Crippen LogP contribution in [0.25, 0.3) is 6.08 Å². The van der Waals surface area contributed by atoms with Crippen LogP contribution in [0.1, 0.15) is 4.88 Å². The van der Waals surface area contributed by atoms with Crippen molar-refractivity contribution < 1.29 is 18.7 Å². The summed E-state index contributed by atoms with van der Waals surface area (Å²) in [5.74, 6) is -1.50. The lowest BCUT2D eigenvalue weighted by Gasteiger charge is -2.05. The number of halogens is 2. The van der Waals surface area contributed by atoms with Gasteiger partial charge in [-0.15, -0.1) is 11.3 Å². The second-order valence-electron chi connectivity index (χ2n) is 4.14. The molecule has 0 radical (unpaired) electrons. The van der Waals surface area contributed by atoms with Crippen LogP contribution in [0.2, 0.25) is 0 Å². The van der Waals surface area contributed by atoms with Crippen molar-refractivity contribution in [2.45, 2.75) is 0 Å². The Kier molecular flexibility index (Phi) is 5.85. The molecule has 0 bridgehead atoms. The molecule has 0 atom stereocenters. The van der Waals surface area contributed by atoms with Crippen molar-refractivity contribution in [1.29, 1.82) is 0 Å². The number of esters is 1. The number of benzene rings is 1. The predicted molar refractivity (Wildman–Crippen MR) is 87.0 cm³/mol. The van der Waals surface area contributed by atoms with E-state index in [1.165, 1.54) is 41.7 Å². The molecule has 4 nitrogen and oxygen atoms in total. The van der Waals surface area contributed by atoms with Crippen molar-refractivity contribution in [3.05, 3.63) is 57.0 Å². The van der Waals surface area contributed by atoms with Gasteiger partial charge < -0.3 is 10.1 Å². The second kappa shape index (κ2) is 7.86. The largest absolute Gasteiger partial charge is 0.452 e. The number of hydrogen-bond donors (Lipinski definition) is 1. The number of ether oxygens (including phenoxy) is 1. The highest BCUT2D eigenvalue weighted by Gasteiger charge is 2.06. The molecule has 22 heavy (non-hydrogen) atoms. The lowest BCUT2D eigenvalue weighted by Crippen LogP contribution is -2.20. The van der Waals surface area contributed by atoms with Gasteiger partial charge in [0, 0.05) is 16.6 Å². The molecule has 0 spiro atoms. The van der Waals surface area contributed by atoms with Crippen molar-refractivity contribution in [2.75, 3.05) is 11.9 Å². The van der Waals surface area contributed by atoms with Crippen LogP contribution in [0, 0.1) is 5.82 Å². The normalized spacial score (nSPS) is 10.6. The van der Waals surface area contributed by atoms with Crippen LogP contribution < -0.4 is 5.32 Å². The van der Waals surface area contributed by atoms with E-state index in [1.807, 2.05) is 12.1 Å². The first-order chi connectivity index (χ1) is 10.5. The van der Waals surface area contributed by atoms with Gasteiger partial charge in [-0.1, -0.05) is 0 Å². The van der Waals surface area contributed by atoms with Crippen LogP contribution in [0.4, 0.5) is 10.1 Å². The highest BCUT2D eigenvalue weighted by molar-refractivity contribution is 9.11. The molecule has 0 saturated heterocycles. The number of amides is 1. The Morgan fingerprint density at radius 2 is 1.95 bits per heavy atom. The van der Waals surface area contributed by atoms with Crippen LogP contribution in [0.15, 0.2) is 46.3 Å². The van der Waals surface area contributed by atoms with E-state index < -0.39 is 24.3 Å². The van der Waals surface area contributed by atoms with E-state index in [1.54, 1.807) is 6.08 Å². The Morgan fingerprint density at radius 3 is 2.59 bits per heavy atom. The number of anilines is 1. The van der Waals surface area contributed by atoms with E-state index in [0.717, 1.165) is 8.66 Å². The molecule has 0 aliphatic carbocycles. The van der Waals surface area contributed by atoms with Crippen LogP contribution in [-0.2, 0) is 14.3 Å².